The molecule has 3 rings (SSSR count). The zero-order valence-corrected chi connectivity index (χ0v) is 16.2. The third-order valence-corrected chi connectivity index (χ3v) is 5.32. The van der Waals surface area contributed by atoms with Crippen molar-refractivity contribution in [2.75, 3.05) is 34.5 Å². The summed E-state index contributed by atoms with van der Waals surface area (Å²) < 4.78 is 16.0. The summed E-state index contributed by atoms with van der Waals surface area (Å²) in [6.45, 7) is 1.74. The molecular formula is C22H27NO4. The molecule has 0 aromatic heterocycles. The second-order valence-corrected chi connectivity index (χ2v) is 6.93. The van der Waals surface area contributed by atoms with Gasteiger partial charge in [0.1, 0.15) is 11.5 Å². The Labute approximate surface area is 160 Å². The lowest BCUT2D eigenvalue weighted by molar-refractivity contribution is -0.140. The summed E-state index contributed by atoms with van der Waals surface area (Å²) in [6.07, 6.45) is 1.37. The smallest absolute Gasteiger partial charge is 0.233 e. The zero-order chi connectivity index (χ0) is 19.3. The quantitative estimate of drug-likeness (QED) is 0.783. The van der Waals surface area contributed by atoms with Crippen LogP contribution in [0.25, 0.3) is 0 Å². The molecule has 0 radical (unpaired) electrons. The van der Waals surface area contributed by atoms with E-state index < -0.39 is 5.41 Å². The van der Waals surface area contributed by atoms with E-state index in [1.807, 2.05) is 60.5 Å². The van der Waals surface area contributed by atoms with Crippen molar-refractivity contribution < 1.29 is 19.0 Å². The Balaban J connectivity index is 1.83. The van der Waals surface area contributed by atoms with Crippen LogP contribution in [0.5, 0.6) is 11.5 Å². The lowest BCUT2D eigenvalue weighted by Crippen LogP contribution is -2.48. The van der Waals surface area contributed by atoms with Gasteiger partial charge in [-0.05, 0) is 48.2 Å². The van der Waals surface area contributed by atoms with Crippen LogP contribution in [0.4, 0.5) is 0 Å². The molecule has 0 bridgehead atoms. The lowest BCUT2D eigenvalue weighted by Gasteiger charge is -2.39. The van der Waals surface area contributed by atoms with Crippen LogP contribution in [0.1, 0.15) is 24.0 Å². The van der Waals surface area contributed by atoms with Gasteiger partial charge in [0.05, 0.1) is 19.6 Å². The van der Waals surface area contributed by atoms with Gasteiger partial charge < -0.3 is 19.1 Å². The van der Waals surface area contributed by atoms with Crippen molar-refractivity contribution in [3.05, 3.63) is 59.7 Å². The first kappa shape index (κ1) is 19.2. The van der Waals surface area contributed by atoms with Crippen LogP contribution < -0.4 is 9.47 Å². The number of benzene rings is 2. The van der Waals surface area contributed by atoms with Gasteiger partial charge in [-0.2, -0.15) is 0 Å². The van der Waals surface area contributed by atoms with E-state index in [0.717, 1.165) is 22.6 Å². The molecule has 5 heteroatoms. The normalized spacial score (nSPS) is 15.8. The van der Waals surface area contributed by atoms with Crippen molar-refractivity contribution >= 4 is 5.91 Å². The van der Waals surface area contributed by atoms with Crippen molar-refractivity contribution in [2.24, 2.45) is 0 Å². The van der Waals surface area contributed by atoms with Gasteiger partial charge in [-0.3, -0.25) is 4.79 Å². The van der Waals surface area contributed by atoms with Gasteiger partial charge in [-0.25, -0.2) is 0 Å². The summed E-state index contributed by atoms with van der Waals surface area (Å²) in [6, 6.07) is 15.7. The van der Waals surface area contributed by atoms with E-state index >= 15 is 0 Å². The van der Waals surface area contributed by atoms with Crippen LogP contribution >= 0.6 is 0 Å². The molecule has 1 fully saturated rings. The summed E-state index contributed by atoms with van der Waals surface area (Å²) in [5, 5.41) is 0. The highest BCUT2D eigenvalue weighted by Gasteiger charge is 2.43. The van der Waals surface area contributed by atoms with Crippen molar-refractivity contribution in [1.29, 1.82) is 0 Å². The predicted octanol–water partition coefficient (Wildman–Crippen LogP) is 3.41. The van der Waals surface area contributed by atoms with Gasteiger partial charge in [0, 0.05) is 26.8 Å². The SMILES string of the molecule is COc1ccc(CN(C)C(=O)C2(c3ccc(OC)cc3)CCOCC2)cc1. The maximum Gasteiger partial charge on any atom is 0.233 e. The molecule has 0 atom stereocenters. The Morgan fingerprint density at radius 3 is 2.00 bits per heavy atom. The summed E-state index contributed by atoms with van der Waals surface area (Å²) >= 11 is 0. The highest BCUT2D eigenvalue weighted by atomic mass is 16.5. The molecule has 2 aromatic carbocycles. The maximum absolute atomic E-state index is 13.5. The van der Waals surface area contributed by atoms with E-state index in [2.05, 4.69) is 0 Å². The Morgan fingerprint density at radius 1 is 0.963 bits per heavy atom. The van der Waals surface area contributed by atoms with Crippen LogP contribution in [-0.2, 0) is 21.5 Å². The number of carbonyl (C=O) groups is 1. The zero-order valence-electron chi connectivity index (χ0n) is 16.2. The molecule has 1 saturated heterocycles. The van der Waals surface area contributed by atoms with E-state index in [4.69, 9.17) is 14.2 Å². The number of hydrogen-bond acceptors (Lipinski definition) is 4. The number of methoxy groups -OCH3 is 2. The number of rotatable bonds is 6. The minimum absolute atomic E-state index is 0.131. The minimum Gasteiger partial charge on any atom is -0.497 e. The molecular weight excluding hydrogens is 342 g/mol. The Hall–Kier alpha value is -2.53. The molecule has 27 heavy (non-hydrogen) atoms. The molecule has 1 heterocycles. The number of hydrogen-bond donors (Lipinski definition) is 0. The van der Waals surface area contributed by atoms with Gasteiger partial charge in [0.25, 0.3) is 0 Å². The molecule has 1 amide bonds. The average molecular weight is 369 g/mol. The van der Waals surface area contributed by atoms with Crippen molar-refractivity contribution in [1.82, 2.24) is 4.90 Å². The number of likely N-dealkylation sites (N-methyl/N-ethyl adjacent to an activating group) is 1. The summed E-state index contributed by atoms with van der Waals surface area (Å²) in [4.78, 5) is 15.3. The number of amides is 1. The van der Waals surface area contributed by atoms with Crippen molar-refractivity contribution in [3.63, 3.8) is 0 Å². The minimum atomic E-state index is -0.550. The van der Waals surface area contributed by atoms with Crippen LogP contribution in [0.15, 0.2) is 48.5 Å². The molecule has 0 aliphatic carbocycles. The first-order chi connectivity index (χ1) is 13.1. The number of ether oxygens (including phenoxy) is 3. The topological polar surface area (TPSA) is 48.0 Å². The summed E-state index contributed by atoms with van der Waals surface area (Å²) in [7, 11) is 5.16. The fourth-order valence-electron chi connectivity index (χ4n) is 3.70. The largest absolute Gasteiger partial charge is 0.497 e. The molecule has 0 N–H and O–H groups in total. The van der Waals surface area contributed by atoms with E-state index in [1.165, 1.54) is 0 Å². The first-order valence-electron chi connectivity index (χ1n) is 9.20. The van der Waals surface area contributed by atoms with Crippen LogP contribution in [0.3, 0.4) is 0 Å². The third kappa shape index (κ3) is 4.08. The second-order valence-electron chi connectivity index (χ2n) is 6.93. The van der Waals surface area contributed by atoms with E-state index in [1.54, 1.807) is 14.2 Å². The third-order valence-electron chi connectivity index (χ3n) is 5.32. The van der Waals surface area contributed by atoms with Crippen molar-refractivity contribution in [2.45, 2.75) is 24.8 Å². The molecule has 1 aliphatic heterocycles. The standard InChI is InChI=1S/C22H27NO4/c1-23(16-17-4-8-19(25-2)9-5-17)21(24)22(12-14-27-15-13-22)18-6-10-20(26-3)11-7-18/h4-11H,12-16H2,1-3H3. The fourth-order valence-corrected chi connectivity index (χ4v) is 3.70. The molecule has 0 spiro atoms. The average Bonchev–Trinajstić information content (AvgIpc) is 2.74. The van der Waals surface area contributed by atoms with E-state index in [0.29, 0.717) is 32.6 Å². The number of nitrogens with zero attached hydrogens (tertiary/aromatic N) is 1. The molecule has 0 saturated carbocycles. The van der Waals surface area contributed by atoms with Gasteiger partial charge in [0.15, 0.2) is 0 Å². The lowest BCUT2D eigenvalue weighted by atomic mass is 9.73. The molecule has 1 aliphatic rings. The predicted molar refractivity (Wildman–Crippen MR) is 104 cm³/mol. The van der Waals surface area contributed by atoms with Gasteiger partial charge in [-0.1, -0.05) is 24.3 Å². The molecule has 0 unspecified atom stereocenters. The van der Waals surface area contributed by atoms with Gasteiger partial charge in [-0.15, -0.1) is 0 Å². The highest BCUT2D eigenvalue weighted by molar-refractivity contribution is 5.88. The van der Waals surface area contributed by atoms with Crippen LogP contribution in [0, 0.1) is 0 Å². The first-order valence-corrected chi connectivity index (χ1v) is 9.20. The maximum atomic E-state index is 13.5. The highest BCUT2D eigenvalue weighted by Crippen LogP contribution is 2.37. The Kier molecular flexibility index (Phi) is 6.01. The second kappa shape index (κ2) is 8.44. The summed E-state index contributed by atoms with van der Waals surface area (Å²) in [5.74, 6) is 1.73. The van der Waals surface area contributed by atoms with E-state index in [9.17, 15) is 4.79 Å². The van der Waals surface area contributed by atoms with E-state index in [-0.39, 0.29) is 5.91 Å². The molecule has 5 nitrogen and oxygen atoms in total. The Bertz CT molecular complexity index is 749. The number of carbonyl (C=O) groups excluding carboxylic acids is 1. The van der Waals surface area contributed by atoms with Crippen molar-refractivity contribution in [3.8, 4) is 11.5 Å². The monoisotopic (exact) mass is 369 g/mol. The van der Waals surface area contributed by atoms with Crippen LogP contribution in [0.2, 0.25) is 0 Å². The van der Waals surface area contributed by atoms with Gasteiger partial charge in [0.2, 0.25) is 5.91 Å². The molecule has 144 valence electrons. The van der Waals surface area contributed by atoms with Gasteiger partial charge >= 0.3 is 0 Å². The Morgan fingerprint density at radius 2 is 1.48 bits per heavy atom. The summed E-state index contributed by atoms with van der Waals surface area (Å²) in [5.41, 5.74) is 1.55. The fraction of sp³-hybridized carbons (Fsp3) is 0.409. The van der Waals surface area contributed by atoms with Crippen LogP contribution in [-0.4, -0.2) is 45.3 Å². The molecule has 2 aromatic rings.